The molecule has 0 heterocycles. The molecular formula is C18H14ClFO. The molecule has 0 aromatic heterocycles. The van der Waals surface area contributed by atoms with E-state index in [0.717, 1.165) is 16.3 Å². The van der Waals surface area contributed by atoms with Crippen LogP contribution < -0.4 is 4.74 Å². The predicted octanol–water partition coefficient (Wildman–Crippen LogP) is 5.30. The highest BCUT2D eigenvalue weighted by Gasteiger charge is 2.10. The molecule has 0 atom stereocenters. The van der Waals surface area contributed by atoms with Gasteiger partial charge in [0.05, 0.1) is 5.88 Å². The predicted molar refractivity (Wildman–Crippen MR) is 84.2 cm³/mol. The Morgan fingerprint density at radius 1 is 0.857 bits per heavy atom. The maximum atomic E-state index is 13.9. The second-order valence-electron chi connectivity index (χ2n) is 4.79. The molecule has 21 heavy (non-hydrogen) atoms. The molecule has 3 heteroatoms. The minimum absolute atomic E-state index is 0.225. The van der Waals surface area contributed by atoms with Gasteiger partial charge in [-0.2, -0.15) is 0 Å². The van der Waals surface area contributed by atoms with Crippen molar-refractivity contribution >= 4 is 22.4 Å². The summed E-state index contributed by atoms with van der Waals surface area (Å²) in [6.07, 6.45) is 0. The highest BCUT2D eigenvalue weighted by molar-refractivity contribution is 6.17. The number of para-hydroxylation sites is 1. The number of halogens is 2. The van der Waals surface area contributed by atoms with E-state index >= 15 is 0 Å². The average molecular weight is 301 g/mol. The fourth-order valence-electron chi connectivity index (χ4n) is 2.39. The van der Waals surface area contributed by atoms with Gasteiger partial charge >= 0.3 is 0 Å². The molecule has 0 bridgehead atoms. The number of alkyl halides is 1. The molecule has 0 amide bonds. The van der Waals surface area contributed by atoms with Crippen LogP contribution in [0.4, 0.5) is 4.39 Å². The Labute approximate surface area is 127 Å². The van der Waals surface area contributed by atoms with Gasteiger partial charge in [-0.15, -0.1) is 11.6 Å². The average Bonchev–Trinajstić information content (AvgIpc) is 2.53. The Kier molecular flexibility index (Phi) is 4.07. The van der Waals surface area contributed by atoms with Crippen molar-refractivity contribution in [2.24, 2.45) is 0 Å². The summed E-state index contributed by atoms with van der Waals surface area (Å²) in [6.45, 7) is 0.312. The molecule has 0 aliphatic carbocycles. The molecule has 0 aliphatic rings. The van der Waals surface area contributed by atoms with Crippen LogP contribution in [0.1, 0.15) is 11.1 Å². The zero-order valence-corrected chi connectivity index (χ0v) is 12.1. The summed E-state index contributed by atoms with van der Waals surface area (Å²) in [6, 6.07) is 18.9. The second kappa shape index (κ2) is 6.15. The van der Waals surface area contributed by atoms with Crippen molar-refractivity contribution in [2.75, 3.05) is 0 Å². The fourth-order valence-corrected chi connectivity index (χ4v) is 2.60. The van der Waals surface area contributed by atoms with Crippen molar-refractivity contribution in [1.29, 1.82) is 0 Å². The highest BCUT2D eigenvalue weighted by atomic mass is 35.5. The molecule has 3 aromatic rings. The van der Waals surface area contributed by atoms with Gasteiger partial charge in [-0.25, -0.2) is 4.39 Å². The smallest absolute Gasteiger partial charge is 0.165 e. The van der Waals surface area contributed by atoms with Crippen LogP contribution in [0.25, 0.3) is 10.8 Å². The van der Waals surface area contributed by atoms with Gasteiger partial charge < -0.3 is 4.74 Å². The molecule has 0 unspecified atom stereocenters. The number of fused-ring (bicyclic) bond motifs is 1. The summed E-state index contributed by atoms with van der Waals surface area (Å²) < 4.78 is 19.6. The van der Waals surface area contributed by atoms with Crippen LogP contribution in [-0.4, -0.2) is 0 Å². The first-order chi connectivity index (χ1) is 10.3. The van der Waals surface area contributed by atoms with E-state index in [1.807, 2.05) is 42.5 Å². The molecule has 3 aromatic carbocycles. The Morgan fingerprint density at radius 2 is 1.57 bits per heavy atom. The number of hydrogen-bond donors (Lipinski definition) is 0. The molecule has 3 rings (SSSR count). The van der Waals surface area contributed by atoms with E-state index in [2.05, 4.69) is 0 Å². The second-order valence-corrected chi connectivity index (χ2v) is 5.06. The van der Waals surface area contributed by atoms with Gasteiger partial charge in [-0.05, 0) is 22.4 Å². The van der Waals surface area contributed by atoms with Gasteiger partial charge in [-0.1, -0.05) is 54.6 Å². The van der Waals surface area contributed by atoms with Crippen molar-refractivity contribution in [3.8, 4) is 5.75 Å². The molecule has 0 spiro atoms. The Morgan fingerprint density at radius 3 is 2.43 bits per heavy atom. The standard InChI is InChI=1S/C18H14ClFO/c19-11-14-7-4-10-17(20)18(14)21-12-15-8-3-6-13-5-1-2-9-16(13)15/h1-10H,11-12H2. The van der Waals surface area contributed by atoms with Crippen molar-refractivity contribution in [2.45, 2.75) is 12.5 Å². The van der Waals surface area contributed by atoms with Gasteiger partial charge in [0.15, 0.2) is 11.6 Å². The van der Waals surface area contributed by atoms with E-state index < -0.39 is 0 Å². The maximum absolute atomic E-state index is 13.9. The van der Waals surface area contributed by atoms with E-state index in [4.69, 9.17) is 16.3 Å². The topological polar surface area (TPSA) is 9.23 Å². The molecule has 106 valence electrons. The number of benzene rings is 3. The van der Waals surface area contributed by atoms with Crippen molar-refractivity contribution in [3.63, 3.8) is 0 Å². The van der Waals surface area contributed by atoms with E-state index in [9.17, 15) is 4.39 Å². The summed E-state index contributed by atoms with van der Waals surface area (Å²) in [5.41, 5.74) is 1.69. The largest absolute Gasteiger partial charge is 0.485 e. The first-order valence-electron chi connectivity index (χ1n) is 6.72. The van der Waals surface area contributed by atoms with Gasteiger partial charge in [-0.3, -0.25) is 0 Å². The summed E-state index contributed by atoms with van der Waals surface area (Å²) >= 11 is 5.83. The fraction of sp³-hybridized carbons (Fsp3) is 0.111. The van der Waals surface area contributed by atoms with Crippen molar-refractivity contribution in [1.82, 2.24) is 0 Å². The van der Waals surface area contributed by atoms with E-state index in [0.29, 0.717) is 12.2 Å². The summed E-state index contributed by atoms with van der Waals surface area (Å²) in [5.74, 6) is 0.0802. The van der Waals surface area contributed by atoms with Crippen LogP contribution in [0.15, 0.2) is 60.7 Å². The van der Waals surface area contributed by atoms with E-state index in [1.54, 1.807) is 12.1 Å². The summed E-state index contributed by atoms with van der Waals surface area (Å²) in [7, 11) is 0. The zero-order valence-electron chi connectivity index (χ0n) is 11.4. The van der Waals surface area contributed by atoms with Gasteiger partial charge in [0.25, 0.3) is 0 Å². The molecule has 0 saturated heterocycles. The van der Waals surface area contributed by atoms with Gasteiger partial charge in [0.2, 0.25) is 0 Å². The lowest BCUT2D eigenvalue weighted by atomic mass is 10.1. The Bertz CT molecular complexity index is 765. The van der Waals surface area contributed by atoms with Crippen molar-refractivity contribution in [3.05, 3.63) is 77.6 Å². The number of ether oxygens (including phenoxy) is 1. The third-order valence-corrected chi connectivity index (χ3v) is 3.73. The molecular weight excluding hydrogens is 287 g/mol. The van der Waals surface area contributed by atoms with Crippen LogP contribution in [0.3, 0.4) is 0 Å². The third-order valence-electron chi connectivity index (χ3n) is 3.44. The van der Waals surface area contributed by atoms with E-state index in [1.165, 1.54) is 6.07 Å². The SMILES string of the molecule is Fc1cccc(CCl)c1OCc1cccc2ccccc12. The molecule has 0 radical (unpaired) electrons. The van der Waals surface area contributed by atoms with Crippen LogP contribution in [-0.2, 0) is 12.5 Å². The summed E-state index contributed by atoms with van der Waals surface area (Å²) in [5, 5.41) is 2.26. The first-order valence-corrected chi connectivity index (χ1v) is 7.26. The first kappa shape index (κ1) is 13.9. The molecule has 0 aliphatic heterocycles. The third kappa shape index (κ3) is 2.86. The van der Waals surface area contributed by atoms with Crippen LogP contribution in [0.2, 0.25) is 0 Å². The Balaban J connectivity index is 1.91. The molecule has 0 saturated carbocycles. The van der Waals surface area contributed by atoms with Gasteiger partial charge in [0, 0.05) is 5.56 Å². The monoisotopic (exact) mass is 300 g/mol. The molecule has 0 N–H and O–H groups in total. The lowest BCUT2D eigenvalue weighted by Gasteiger charge is -2.12. The van der Waals surface area contributed by atoms with Crippen LogP contribution in [0.5, 0.6) is 5.75 Å². The van der Waals surface area contributed by atoms with Crippen LogP contribution >= 0.6 is 11.6 Å². The minimum Gasteiger partial charge on any atom is -0.485 e. The highest BCUT2D eigenvalue weighted by Crippen LogP contribution is 2.26. The van der Waals surface area contributed by atoms with E-state index in [-0.39, 0.29) is 17.4 Å². The summed E-state index contributed by atoms with van der Waals surface area (Å²) in [4.78, 5) is 0. The van der Waals surface area contributed by atoms with Crippen LogP contribution in [0, 0.1) is 5.82 Å². The van der Waals surface area contributed by atoms with Crippen molar-refractivity contribution < 1.29 is 9.13 Å². The lowest BCUT2D eigenvalue weighted by Crippen LogP contribution is -2.01. The number of rotatable bonds is 4. The maximum Gasteiger partial charge on any atom is 0.165 e. The zero-order chi connectivity index (χ0) is 14.7. The molecule has 1 nitrogen and oxygen atoms in total. The van der Waals surface area contributed by atoms with Gasteiger partial charge in [0.1, 0.15) is 6.61 Å². The quantitative estimate of drug-likeness (QED) is 0.594. The lowest BCUT2D eigenvalue weighted by molar-refractivity contribution is 0.289. The normalized spacial score (nSPS) is 10.8. The number of hydrogen-bond acceptors (Lipinski definition) is 1. The minimum atomic E-state index is -0.381. The molecule has 0 fully saturated rings. The Hall–Kier alpha value is -2.06.